The Kier molecular flexibility index (Phi) is 3.79. The quantitative estimate of drug-likeness (QED) is 0.666. The number of nitrogens with zero attached hydrogens (tertiary/aromatic N) is 1. The maximum atomic E-state index is 13.4. The Balaban J connectivity index is 2.09. The van der Waals surface area contributed by atoms with E-state index in [4.69, 9.17) is 5.11 Å². The van der Waals surface area contributed by atoms with Gasteiger partial charge in [0.1, 0.15) is 0 Å². The van der Waals surface area contributed by atoms with Crippen molar-refractivity contribution in [2.75, 3.05) is 5.32 Å². The van der Waals surface area contributed by atoms with E-state index in [1.807, 2.05) is 0 Å². The van der Waals surface area contributed by atoms with Crippen LogP contribution in [0.15, 0.2) is 36.4 Å². The van der Waals surface area contributed by atoms with Crippen LogP contribution >= 0.6 is 0 Å². The largest absolute Gasteiger partial charge is 0.505 e. The number of aromatic hydroxyl groups is 1. The molecule has 0 atom stereocenters. The normalized spacial score (nSPS) is 10.3. The Morgan fingerprint density at radius 2 is 1.90 bits per heavy atom. The van der Waals surface area contributed by atoms with Gasteiger partial charge in [-0.25, -0.2) is 4.39 Å². The van der Waals surface area contributed by atoms with Crippen LogP contribution in [0, 0.1) is 21.7 Å². The molecule has 2 N–H and O–H groups in total. The highest BCUT2D eigenvalue weighted by atomic mass is 19.1. The van der Waals surface area contributed by atoms with Gasteiger partial charge in [0.05, 0.1) is 4.92 Å². The topological polar surface area (TPSA) is 75.4 Å². The number of nitro benzene ring substituents is 1. The maximum absolute atomic E-state index is 13.4. The summed E-state index contributed by atoms with van der Waals surface area (Å²) in [6.07, 6.45) is 0. The summed E-state index contributed by atoms with van der Waals surface area (Å²) in [5, 5.41) is 22.3. The monoisotopic (exact) mass is 280 g/mol. The fraction of sp³-hybridized carbons (Fsp3) is 0.0769. The smallest absolute Gasteiger partial charge is 0.304 e. The first-order chi connectivity index (χ1) is 9.47. The summed E-state index contributed by atoms with van der Waals surface area (Å²) in [4.78, 5) is 9.65. The van der Waals surface area contributed by atoms with Crippen LogP contribution in [0.1, 0.15) is 5.56 Å². The van der Waals surface area contributed by atoms with Crippen LogP contribution in [0.4, 0.5) is 20.2 Å². The lowest BCUT2D eigenvalue weighted by Gasteiger charge is -2.07. The van der Waals surface area contributed by atoms with E-state index >= 15 is 0 Å². The van der Waals surface area contributed by atoms with Crippen molar-refractivity contribution in [2.45, 2.75) is 6.54 Å². The molecule has 7 heteroatoms. The predicted molar refractivity (Wildman–Crippen MR) is 68.4 cm³/mol. The van der Waals surface area contributed by atoms with Crippen LogP contribution in [-0.2, 0) is 6.54 Å². The lowest BCUT2D eigenvalue weighted by Crippen LogP contribution is -2.01. The van der Waals surface area contributed by atoms with Crippen molar-refractivity contribution < 1.29 is 18.8 Å². The molecule has 0 aliphatic heterocycles. The highest BCUT2D eigenvalue weighted by molar-refractivity contribution is 5.50. The number of phenols is 1. The third-order valence-electron chi connectivity index (χ3n) is 2.65. The summed E-state index contributed by atoms with van der Waals surface area (Å²) < 4.78 is 26.5. The molecular formula is C13H10F2N2O3. The van der Waals surface area contributed by atoms with Crippen LogP contribution in [0.2, 0.25) is 0 Å². The summed E-state index contributed by atoms with van der Waals surface area (Å²) in [5.41, 5.74) is 0.270. The van der Waals surface area contributed by atoms with Gasteiger partial charge in [-0.1, -0.05) is 6.07 Å². The first-order valence-corrected chi connectivity index (χ1v) is 5.62. The van der Waals surface area contributed by atoms with Gasteiger partial charge in [0.15, 0.2) is 11.6 Å². The van der Waals surface area contributed by atoms with Gasteiger partial charge >= 0.3 is 5.69 Å². The fourth-order valence-corrected chi connectivity index (χ4v) is 1.63. The first kappa shape index (κ1) is 13.7. The van der Waals surface area contributed by atoms with Crippen molar-refractivity contribution in [2.24, 2.45) is 0 Å². The Bertz CT molecular complexity index is 662. The molecule has 0 saturated heterocycles. The maximum Gasteiger partial charge on any atom is 0.304 e. The van der Waals surface area contributed by atoms with Gasteiger partial charge in [-0.3, -0.25) is 10.1 Å². The van der Waals surface area contributed by atoms with Crippen molar-refractivity contribution in [1.29, 1.82) is 0 Å². The second-order valence-electron chi connectivity index (χ2n) is 4.06. The van der Waals surface area contributed by atoms with E-state index < -0.39 is 28.0 Å². The molecule has 0 aliphatic rings. The zero-order valence-corrected chi connectivity index (χ0v) is 10.1. The van der Waals surface area contributed by atoms with Gasteiger partial charge in [0, 0.05) is 24.4 Å². The van der Waals surface area contributed by atoms with E-state index in [1.54, 1.807) is 0 Å². The van der Waals surface area contributed by atoms with E-state index in [1.165, 1.54) is 18.2 Å². The number of nitrogens with one attached hydrogen (secondary N) is 1. The second-order valence-corrected chi connectivity index (χ2v) is 4.06. The lowest BCUT2D eigenvalue weighted by molar-refractivity contribution is -0.387. The van der Waals surface area contributed by atoms with Gasteiger partial charge < -0.3 is 10.4 Å². The molecule has 0 bridgehead atoms. The summed E-state index contributed by atoms with van der Waals surface area (Å²) in [7, 11) is 0. The molecule has 2 aromatic rings. The van der Waals surface area contributed by atoms with Gasteiger partial charge in [-0.05, 0) is 23.8 Å². The molecule has 0 saturated carbocycles. The molecule has 5 nitrogen and oxygen atoms in total. The average Bonchev–Trinajstić information content (AvgIpc) is 2.40. The summed E-state index contributed by atoms with van der Waals surface area (Å²) >= 11 is 0. The molecule has 0 heterocycles. The van der Waals surface area contributed by atoms with Gasteiger partial charge in [0.25, 0.3) is 0 Å². The zero-order chi connectivity index (χ0) is 14.7. The Labute approximate surface area is 112 Å². The van der Waals surface area contributed by atoms with Gasteiger partial charge in [-0.15, -0.1) is 0 Å². The number of hydrogen-bond acceptors (Lipinski definition) is 4. The molecule has 0 spiro atoms. The van der Waals surface area contributed by atoms with Gasteiger partial charge in [-0.2, -0.15) is 4.39 Å². The Hall–Kier alpha value is -2.70. The minimum atomic E-state index is -0.947. The summed E-state index contributed by atoms with van der Waals surface area (Å²) in [6, 6.07) is 7.27. The minimum Gasteiger partial charge on any atom is -0.505 e. The minimum absolute atomic E-state index is 0.189. The highest BCUT2D eigenvalue weighted by Crippen LogP contribution is 2.22. The Morgan fingerprint density at radius 1 is 1.15 bits per heavy atom. The predicted octanol–water partition coefficient (Wildman–Crippen LogP) is 3.19. The van der Waals surface area contributed by atoms with Crippen LogP contribution in [-0.4, -0.2) is 10.0 Å². The van der Waals surface area contributed by atoms with E-state index in [9.17, 15) is 18.9 Å². The van der Waals surface area contributed by atoms with Crippen molar-refractivity contribution in [1.82, 2.24) is 0 Å². The first-order valence-electron chi connectivity index (χ1n) is 5.62. The molecule has 0 aromatic heterocycles. The van der Waals surface area contributed by atoms with Crippen LogP contribution in [0.3, 0.4) is 0 Å². The molecule has 0 unspecified atom stereocenters. The molecule has 20 heavy (non-hydrogen) atoms. The average molecular weight is 280 g/mol. The molecule has 104 valence electrons. The van der Waals surface area contributed by atoms with Crippen LogP contribution < -0.4 is 5.32 Å². The number of benzene rings is 2. The number of phenolic OH excluding ortho intramolecular Hbond substituents is 1. The molecule has 0 radical (unpaired) electrons. The van der Waals surface area contributed by atoms with Crippen molar-refractivity contribution in [3.05, 3.63) is 63.7 Å². The Morgan fingerprint density at radius 3 is 2.50 bits per heavy atom. The number of hydrogen-bond donors (Lipinski definition) is 2. The molecular weight excluding hydrogens is 270 g/mol. The third kappa shape index (κ3) is 3.00. The van der Waals surface area contributed by atoms with E-state index in [2.05, 4.69) is 5.32 Å². The van der Waals surface area contributed by atoms with Crippen LogP contribution in [0.5, 0.6) is 5.75 Å². The second kappa shape index (κ2) is 5.52. The molecule has 0 aliphatic carbocycles. The van der Waals surface area contributed by atoms with Crippen molar-refractivity contribution >= 4 is 11.4 Å². The standard InChI is InChI=1S/C13H10F2N2O3/c14-10-6-9(2-3-12(10)17(19)20)16-7-8-1-4-13(18)11(15)5-8/h1-6,16,18H,7H2. The van der Waals surface area contributed by atoms with E-state index in [-0.39, 0.29) is 6.54 Å². The molecule has 0 fully saturated rings. The number of rotatable bonds is 4. The molecule has 2 aromatic carbocycles. The summed E-state index contributed by atoms with van der Waals surface area (Å²) in [6.45, 7) is 0.189. The molecule has 2 rings (SSSR count). The fourth-order valence-electron chi connectivity index (χ4n) is 1.63. The van der Waals surface area contributed by atoms with Crippen molar-refractivity contribution in [3.8, 4) is 5.75 Å². The molecule has 0 amide bonds. The third-order valence-corrected chi connectivity index (χ3v) is 2.65. The van der Waals surface area contributed by atoms with Gasteiger partial charge in [0.2, 0.25) is 5.82 Å². The number of anilines is 1. The summed E-state index contributed by atoms with van der Waals surface area (Å²) in [5.74, 6) is -2.15. The van der Waals surface area contributed by atoms with E-state index in [0.29, 0.717) is 11.3 Å². The van der Waals surface area contributed by atoms with E-state index in [0.717, 1.165) is 18.2 Å². The number of halogens is 2. The number of nitro groups is 1. The SMILES string of the molecule is O=[N+]([O-])c1ccc(NCc2ccc(O)c(F)c2)cc1F. The van der Waals surface area contributed by atoms with Crippen LogP contribution in [0.25, 0.3) is 0 Å². The van der Waals surface area contributed by atoms with Crippen molar-refractivity contribution in [3.63, 3.8) is 0 Å². The highest BCUT2D eigenvalue weighted by Gasteiger charge is 2.13. The lowest BCUT2D eigenvalue weighted by atomic mass is 10.2. The zero-order valence-electron chi connectivity index (χ0n) is 10.1.